The van der Waals surface area contributed by atoms with E-state index in [0.29, 0.717) is 23.9 Å². The number of hydrogen-bond donors (Lipinski definition) is 0. The van der Waals surface area contributed by atoms with Gasteiger partial charge in [0, 0.05) is 19.6 Å². The zero-order valence-electron chi connectivity index (χ0n) is 17.0. The van der Waals surface area contributed by atoms with Gasteiger partial charge in [-0.1, -0.05) is 25.1 Å². The molecule has 1 saturated heterocycles. The first-order chi connectivity index (χ1) is 13.9. The summed E-state index contributed by atoms with van der Waals surface area (Å²) in [6.07, 6.45) is 2.06. The van der Waals surface area contributed by atoms with Gasteiger partial charge in [0.25, 0.3) is 15.9 Å². The van der Waals surface area contributed by atoms with Crippen molar-refractivity contribution in [3.63, 3.8) is 0 Å². The van der Waals surface area contributed by atoms with Crippen LogP contribution in [0.1, 0.15) is 26.7 Å². The van der Waals surface area contributed by atoms with Crippen molar-refractivity contribution < 1.29 is 17.9 Å². The summed E-state index contributed by atoms with van der Waals surface area (Å²) in [5.41, 5.74) is 0.556. The summed E-state index contributed by atoms with van der Waals surface area (Å²) >= 11 is 0. The first kappa shape index (κ1) is 21.2. The number of ether oxygens (including phenoxy) is 1. The first-order valence-corrected chi connectivity index (χ1v) is 11.4. The summed E-state index contributed by atoms with van der Waals surface area (Å²) in [5, 5.41) is 0. The number of amides is 1. The highest BCUT2D eigenvalue weighted by molar-refractivity contribution is 7.92. The second-order valence-corrected chi connectivity index (χ2v) is 9.19. The number of hydrogen-bond acceptors (Lipinski definition) is 4. The van der Waals surface area contributed by atoms with Crippen LogP contribution in [0.15, 0.2) is 59.5 Å². The molecule has 2 aromatic carbocycles. The van der Waals surface area contributed by atoms with Crippen LogP contribution in [0.2, 0.25) is 0 Å². The van der Waals surface area contributed by atoms with Crippen LogP contribution in [0, 0.1) is 5.92 Å². The van der Waals surface area contributed by atoms with Crippen molar-refractivity contribution in [1.29, 1.82) is 0 Å². The number of sulfonamides is 1. The summed E-state index contributed by atoms with van der Waals surface area (Å²) in [6, 6.07) is 15.2. The molecule has 29 heavy (non-hydrogen) atoms. The van der Waals surface area contributed by atoms with Gasteiger partial charge in [0.2, 0.25) is 0 Å². The third-order valence-corrected chi connectivity index (χ3v) is 7.16. The standard InChI is InChI=1S/C22H28N2O4S/c1-3-24(29(26,27)21-7-5-4-6-8-21)19-9-11-20(12-10-19)28-17-22(25)23-15-13-18(2)14-16-23/h4-12,18H,3,13-17H2,1-2H3. The molecule has 0 saturated carbocycles. The van der Waals surface area contributed by atoms with Crippen molar-refractivity contribution in [3.8, 4) is 5.75 Å². The summed E-state index contributed by atoms with van der Waals surface area (Å²) < 4.78 is 32.8. The number of nitrogens with zero attached hydrogens (tertiary/aromatic N) is 2. The molecule has 1 fully saturated rings. The molecule has 0 unspecified atom stereocenters. The van der Waals surface area contributed by atoms with E-state index in [2.05, 4.69) is 6.92 Å². The Morgan fingerprint density at radius 3 is 2.28 bits per heavy atom. The van der Waals surface area contributed by atoms with Crippen LogP contribution in [-0.4, -0.2) is 45.5 Å². The van der Waals surface area contributed by atoms with Gasteiger partial charge in [0.15, 0.2) is 6.61 Å². The van der Waals surface area contributed by atoms with Crippen molar-refractivity contribution in [2.45, 2.75) is 31.6 Å². The maximum absolute atomic E-state index is 12.9. The lowest BCUT2D eigenvalue weighted by atomic mass is 9.99. The molecule has 1 aliphatic heterocycles. The van der Waals surface area contributed by atoms with E-state index in [9.17, 15) is 13.2 Å². The number of carbonyl (C=O) groups excluding carboxylic acids is 1. The molecule has 1 aliphatic rings. The smallest absolute Gasteiger partial charge is 0.264 e. The monoisotopic (exact) mass is 416 g/mol. The molecule has 0 bridgehead atoms. The van der Waals surface area contributed by atoms with E-state index in [1.54, 1.807) is 61.5 Å². The topological polar surface area (TPSA) is 66.9 Å². The number of likely N-dealkylation sites (tertiary alicyclic amines) is 1. The predicted octanol–water partition coefficient (Wildman–Crippen LogP) is 3.54. The van der Waals surface area contributed by atoms with Gasteiger partial charge in [0.1, 0.15) is 5.75 Å². The minimum atomic E-state index is -3.63. The van der Waals surface area contributed by atoms with Crippen LogP contribution in [-0.2, 0) is 14.8 Å². The summed E-state index contributed by atoms with van der Waals surface area (Å²) in [5.74, 6) is 1.20. The van der Waals surface area contributed by atoms with Gasteiger partial charge in [-0.3, -0.25) is 9.10 Å². The van der Waals surface area contributed by atoms with E-state index in [1.165, 1.54) is 4.31 Å². The van der Waals surface area contributed by atoms with Crippen LogP contribution >= 0.6 is 0 Å². The van der Waals surface area contributed by atoms with E-state index in [1.807, 2.05) is 4.90 Å². The Morgan fingerprint density at radius 1 is 1.07 bits per heavy atom. The summed E-state index contributed by atoms with van der Waals surface area (Å²) in [7, 11) is -3.63. The SMILES string of the molecule is CCN(c1ccc(OCC(=O)N2CCC(C)CC2)cc1)S(=O)(=O)c1ccccc1. The molecule has 0 aliphatic carbocycles. The van der Waals surface area contributed by atoms with Crippen LogP contribution in [0.25, 0.3) is 0 Å². The van der Waals surface area contributed by atoms with E-state index in [4.69, 9.17) is 4.74 Å². The lowest BCUT2D eigenvalue weighted by Crippen LogP contribution is -2.40. The second-order valence-electron chi connectivity index (χ2n) is 7.33. The fourth-order valence-corrected chi connectivity index (χ4v) is 4.91. The molecule has 6 nitrogen and oxygen atoms in total. The van der Waals surface area contributed by atoms with Crippen molar-refractivity contribution in [3.05, 3.63) is 54.6 Å². The highest BCUT2D eigenvalue weighted by Crippen LogP contribution is 2.25. The van der Waals surface area contributed by atoms with Gasteiger partial charge in [-0.25, -0.2) is 8.42 Å². The van der Waals surface area contributed by atoms with Gasteiger partial charge >= 0.3 is 0 Å². The number of benzene rings is 2. The van der Waals surface area contributed by atoms with Crippen LogP contribution in [0.3, 0.4) is 0 Å². The van der Waals surface area contributed by atoms with Crippen LogP contribution in [0.5, 0.6) is 5.75 Å². The number of piperidine rings is 1. The quantitative estimate of drug-likeness (QED) is 0.692. The Kier molecular flexibility index (Phi) is 6.79. The highest BCUT2D eigenvalue weighted by atomic mass is 32.2. The Balaban J connectivity index is 1.64. The highest BCUT2D eigenvalue weighted by Gasteiger charge is 2.23. The lowest BCUT2D eigenvalue weighted by Gasteiger charge is -2.30. The predicted molar refractivity (Wildman–Crippen MR) is 114 cm³/mol. The molecule has 0 aromatic heterocycles. The molecule has 0 radical (unpaired) electrons. The van der Waals surface area contributed by atoms with Crippen molar-refractivity contribution in [2.75, 3.05) is 30.5 Å². The van der Waals surface area contributed by atoms with Gasteiger partial charge < -0.3 is 9.64 Å². The summed E-state index contributed by atoms with van der Waals surface area (Å²) in [6.45, 7) is 5.87. The van der Waals surface area contributed by atoms with Crippen molar-refractivity contribution in [1.82, 2.24) is 4.90 Å². The average Bonchev–Trinajstić information content (AvgIpc) is 2.74. The van der Waals surface area contributed by atoms with E-state index in [0.717, 1.165) is 25.9 Å². The molecule has 3 rings (SSSR count). The number of anilines is 1. The first-order valence-electron chi connectivity index (χ1n) is 10.00. The van der Waals surface area contributed by atoms with Gasteiger partial charge in [-0.2, -0.15) is 0 Å². The zero-order valence-corrected chi connectivity index (χ0v) is 17.8. The molecule has 1 amide bonds. The van der Waals surface area contributed by atoms with E-state index in [-0.39, 0.29) is 17.4 Å². The van der Waals surface area contributed by atoms with E-state index >= 15 is 0 Å². The molecule has 156 valence electrons. The van der Waals surface area contributed by atoms with Gasteiger partial charge in [-0.15, -0.1) is 0 Å². The molecule has 0 N–H and O–H groups in total. The van der Waals surface area contributed by atoms with Crippen molar-refractivity contribution in [2.24, 2.45) is 5.92 Å². The van der Waals surface area contributed by atoms with Gasteiger partial charge in [-0.05, 0) is 62.1 Å². The van der Waals surface area contributed by atoms with Crippen LogP contribution < -0.4 is 9.04 Å². The molecule has 0 spiro atoms. The minimum Gasteiger partial charge on any atom is -0.484 e. The zero-order chi connectivity index (χ0) is 20.9. The number of rotatable bonds is 7. The normalized spacial score (nSPS) is 15.2. The molecular formula is C22H28N2O4S. The Morgan fingerprint density at radius 2 is 1.69 bits per heavy atom. The molecular weight excluding hydrogens is 388 g/mol. The maximum atomic E-state index is 12.9. The Hall–Kier alpha value is -2.54. The molecule has 2 aromatic rings. The molecule has 0 atom stereocenters. The fourth-order valence-electron chi connectivity index (χ4n) is 3.41. The fraction of sp³-hybridized carbons (Fsp3) is 0.409. The largest absolute Gasteiger partial charge is 0.484 e. The van der Waals surface area contributed by atoms with Crippen LogP contribution in [0.4, 0.5) is 5.69 Å². The number of carbonyl (C=O) groups is 1. The van der Waals surface area contributed by atoms with E-state index < -0.39 is 10.0 Å². The third kappa shape index (κ3) is 5.09. The maximum Gasteiger partial charge on any atom is 0.264 e. The third-order valence-electron chi connectivity index (χ3n) is 5.24. The average molecular weight is 417 g/mol. The lowest BCUT2D eigenvalue weighted by molar-refractivity contribution is -0.134. The molecule has 1 heterocycles. The Labute approximate surface area is 173 Å². The van der Waals surface area contributed by atoms with Gasteiger partial charge in [0.05, 0.1) is 10.6 Å². The Bertz CT molecular complexity index is 906. The summed E-state index contributed by atoms with van der Waals surface area (Å²) in [4.78, 5) is 14.4. The molecule has 7 heteroatoms. The minimum absolute atomic E-state index is 0.00642. The van der Waals surface area contributed by atoms with Crippen molar-refractivity contribution >= 4 is 21.6 Å². The second kappa shape index (κ2) is 9.31.